The molecule has 0 aliphatic carbocycles. The van der Waals surface area contributed by atoms with Crippen molar-refractivity contribution in [2.45, 2.75) is 6.18 Å². The Bertz CT molecular complexity index is 550. The maximum absolute atomic E-state index is 12.7. The highest BCUT2D eigenvalue weighted by atomic mass is 19.4. The van der Waals surface area contributed by atoms with Crippen LogP contribution in [-0.4, -0.2) is 5.11 Å². The summed E-state index contributed by atoms with van der Waals surface area (Å²) < 4.78 is 43.2. The van der Waals surface area contributed by atoms with Crippen LogP contribution >= 0.6 is 0 Å². The molecular weight excluding hydrogens is 245 g/mol. The van der Waals surface area contributed by atoms with Gasteiger partial charge in [-0.15, -0.1) is 0 Å². The van der Waals surface area contributed by atoms with E-state index >= 15 is 0 Å². The lowest BCUT2D eigenvalue weighted by atomic mass is 10.2. The Kier molecular flexibility index (Phi) is 3.14. The van der Waals surface area contributed by atoms with Gasteiger partial charge < -0.3 is 9.84 Å². The van der Waals surface area contributed by atoms with Crippen molar-refractivity contribution in [3.05, 3.63) is 54.1 Å². The van der Waals surface area contributed by atoms with Crippen LogP contribution in [0.25, 0.3) is 0 Å². The molecule has 0 heterocycles. The summed E-state index contributed by atoms with van der Waals surface area (Å²) in [6, 6.07) is 10.5. The summed E-state index contributed by atoms with van der Waals surface area (Å²) in [5.74, 6) is -0.223. The zero-order valence-electron chi connectivity index (χ0n) is 9.11. The van der Waals surface area contributed by atoms with E-state index < -0.39 is 11.7 Å². The van der Waals surface area contributed by atoms with E-state index in [0.717, 1.165) is 6.07 Å². The third-order valence-corrected chi connectivity index (χ3v) is 2.24. The Morgan fingerprint density at radius 1 is 0.944 bits per heavy atom. The highest BCUT2D eigenvalue weighted by Crippen LogP contribution is 2.38. The average Bonchev–Trinajstić information content (AvgIpc) is 2.28. The Morgan fingerprint density at radius 3 is 2.33 bits per heavy atom. The standard InChI is InChI=1S/C13H9F3O2/c14-13(15,16)11-6-1-2-7-12(11)18-10-5-3-4-9(17)8-10/h1-8,17H. The van der Waals surface area contributed by atoms with E-state index in [-0.39, 0.29) is 17.2 Å². The van der Waals surface area contributed by atoms with E-state index in [9.17, 15) is 18.3 Å². The number of rotatable bonds is 2. The van der Waals surface area contributed by atoms with Crippen LogP contribution < -0.4 is 4.74 Å². The number of alkyl halides is 3. The van der Waals surface area contributed by atoms with Gasteiger partial charge in [0.15, 0.2) is 0 Å². The highest BCUT2D eigenvalue weighted by molar-refractivity contribution is 5.41. The molecule has 0 unspecified atom stereocenters. The summed E-state index contributed by atoms with van der Waals surface area (Å²) in [6.45, 7) is 0. The number of para-hydroxylation sites is 1. The van der Waals surface area contributed by atoms with Gasteiger partial charge in [-0.25, -0.2) is 0 Å². The number of aromatic hydroxyl groups is 1. The van der Waals surface area contributed by atoms with Crippen molar-refractivity contribution in [2.24, 2.45) is 0 Å². The Labute approximate surface area is 101 Å². The normalized spacial score (nSPS) is 11.3. The second-order valence-electron chi connectivity index (χ2n) is 3.59. The molecule has 94 valence electrons. The summed E-state index contributed by atoms with van der Waals surface area (Å²) in [5, 5.41) is 9.22. The molecule has 0 atom stereocenters. The minimum atomic E-state index is -4.48. The average molecular weight is 254 g/mol. The maximum Gasteiger partial charge on any atom is 0.419 e. The van der Waals surface area contributed by atoms with Crippen molar-refractivity contribution in [1.82, 2.24) is 0 Å². The molecule has 0 aliphatic heterocycles. The van der Waals surface area contributed by atoms with E-state index in [4.69, 9.17) is 4.74 Å². The number of hydrogen-bond donors (Lipinski definition) is 1. The third kappa shape index (κ3) is 2.74. The molecule has 0 spiro atoms. The molecule has 0 saturated carbocycles. The van der Waals surface area contributed by atoms with Gasteiger partial charge in [0.05, 0.1) is 5.56 Å². The van der Waals surface area contributed by atoms with Crippen LogP contribution in [0.5, 0.6) is 17.2 Å². The van der Waals surface area contributed by atoms with Crippen molar-refractivity contribution in [2.75, 3.05) is 0 Å². The van der Waals surface area contributed by atoms with Crippen molar-refractivity contribution < 1.29 is 23.0 Å². The number of phenols is 1. The van der Waals surface area contributed by atoms with Crippen LogP contribution in [0.15, 0.2) is 48.5 Å². The molecule has 2 aromatic rings. The first kappa shape index (κ1) is 12.3. The SMILES string of the molecule is Oc1cccc(Oc2ccccc2C(F)(F)F)c1. The van der Waals surface area contributed by atoms with Gasteiger partial charge in [-0.1, -0.05) is 18.2 Å². The number of phenolic OH excluding ortho intramolecular Hbond substituents is 1. The van der Waals surface area contributed by atoms with Gasteiger partial charge in [-0.2, -0.15) is 13.2 Å². The molecule has 0 radical (unpaired) electrons. The largest absolute Gasteiger partial charge is 0.508 e. The first-order chi connectivity index (χ1) is 8.47. The van der Waals surface area contributed by atoms with Gasteiger partial charge in [-0.3, -0.25) is 0 Å². The molecule has 0 aliphatic rings. The Hall–Kier alpha value is -2.17. The molecule has 0 fully saturated rings. The molecule has 1 N–H and O–H groups in total. The molecular formula is C13H9F3O2. The second kappa shape index (κ2) is 4.60. The fraction of sp³-hybridized carbons (Fsp3) is 0.0769. The minimum absolute atomic E-state index is 0.0722. The van der Waals surface area contributed by atoms with Crippen molar-refractivity contribution >= 4 is 0 Å². The fourth-order valence-electron chi connectivity index (χ4n) is 1.46. The van der Waals surface area contributed by atoms with E-state index in [1.54, 1.807) is 0 Å². The lowest BCUT2D eigenvalue weighted by Gasteiger charge is -2.13. The quantitative estimate of drug-likeness (QED) is 0.870. The zero-order chi connectivity index (χ0) is 13.2. The monoisotopic (exact) mass is 254 g/mol. The Morgan fingerprint density at radius 2 is 1.67 bits per heavy atom. The van der Waals surface area contributed by atoms with Gasteiger partial charge in [0.2, 0.25) is 0 Å². The van der Waals surface area contributed by atoms with E-state index in [1.807, 2.05) is 0 Å². The molecule has 0 aromatic heterocycles. The predicted octanol–water partition coefficient (Wildman–Crippen LogP) is 4.20. The molecule has 5 heteroatoms. The van der Waals surface area contributed by atoms with Crippen molar-refractivity contribution in [1.29, 1.82) is 0 Å². The van der Waals surface area contributed by atoms with Crippen LogP contribution in [-0.2, 0) is 6.18 Å². The van der Waals surface area contributed by atoms with Gasteiger partial charge in [0.1, 0.15) is 17.2 Å². The summed E-state index contributed by atoms with van der Waals surface area (Å²) in [6.07, 6.45) is -4.48. The highest BCUT2D eigenvalue weighted by Gasteiger charge is 2.34. The molecule has 0 bridgehead atoms. The molecule has 0 amide bonds. The first-order valence-electron chi connectivity index (χ1n) is 5.10. The molecule has 0 saturated heterocycles. The van der Waals surface area contributed by atoms with Crippen molar-refractivity contribution in [3.8, 4) is 17.2 Å². The van der Waals surface area contributed by atoms with Gasteiger partial charge in [0.25, 0.3) is 0 Å². The fourth-order valence-corrected chi connectivity index (χ4v) is 1.46. The van der Waals surface area contributed by atoms with Crippen LogP contribution in [0.3, 0.4) is 0 Å². The van der Waals surface area contributed by atoms with Crippen LogP contribution in [0.1, 0.15) is 5.56 Å². The summed E-state index contributed by atoms with van der Waals surface area (Å²) in [5.41, 5.74) is -0.853. The summed E-state index contributed by atoms with van der Waals surface area (Å²) >= 11 is 0. The lowest BCUT2D eigenvalue weighted by molar-refractivity contribution is -0.138. The van der Waals surface area contributed by atoms with Crippen LogP contribution in [0.2, 0.25) is 0 Å². The number of ether oxygens (including phenoxy) is 1. The van der Waals surface area contributed by atoms with Crippen LogP contribution in [0.4, 0.5) is 13.2 Å². The molecule has 2 nitrogen and oxygen atoms in total. The van der Waals surface area contributed by atoms with E-state index in [2.05, 4.69) is 0 Å². The number of halogens is 3. The number of benzene rings is 2. The smallest absolute Gasteiger partial charge is 0.419 e. The first-order valence-corrected chi connectivity index (χ1v) is 5.10. The van der Waals surface area contributed by atoms with Crippen LogP contribution in [0, 0.1) is 0 Å². The maximum atomic E-state index is 12.7. The van der Waals surface area contributed by atoms with E-state index in [1.165, 1.54) is 42.5 Å². The van der Waals surface area contributed by atoms with E-state index in [0.29, 0.717) is 0 Å². The zero-order valence-corrected chi connectivity index (χ0v) is 9.11. The molecule has 18 heavy (non-hydrogen) atoms. The van der Waals surface area contributed by atoms with Gasteiger partial charge >= 0.3 is 6.18 Å². The summed E-state index contributed by atoms with van der Waals surface area (Å²) in [4.78, 5) is 0. The topological polar surface area (TPSA) is 29.5 Å². The second-order valence-corrected chi connectivity index (χ2v) is 3.59. The molecule has 2 rings (SSSR count). The minimum Gasteiger partial charge on any atom is -0.508 e. The summed E-state index contributed by atoms with van der Waals surface area (Å²) in [7, 11) is 0. The van der Waals surface area contributed by atoms with Gasteiger partial charge in [-0.05, 0) is 24.3 Å². The van der Waals surface area contributed by atoms with Crippen molar-refractivity contribution in [3.63, 3.8) is 0 Å². The Balaban J connectivity index is 2.35. The molecule has 2 aromatic carbocycles. The third-order valence-electron chi connectivity index (χ3n) is 2.24. The number of hydrogen-bond acceptors (Lipinski definition) is 2. The lowest BCUT2D eigenvalue weighted by Crippen LogP contribution is -2.06. The predicted molar refractivity (Wildman–Crippen MR) is 59.6 cm³/mol. The van der Waals surface area contributed by atoms with Gasteiger partial charge in [0, 0.05) is 6.07 Å².